The molecule has 12 heavy (non-hydrogen) atoms. The Labute approximate surface area is 73.8 Å². The zero-order valence-corrected chi connectivity index (χ0v) is 7.59. The third-order valence-corrected chi connectivity index (χ3v) is 1.88. The van der Waals surface area contributed by atoms with Crippen LogP contribution >= 0.6 is 0 Å². The minimum atomic E-state index is 0.816. The Balaban J connectivity index is 2.41. The lowest BCUT2D eigenvalue weighted by molar-refractivity contribution is 0.707. The van der Waals surface area contributed by atoms with Crippen LogP contribution in [0.2, 0.25) is 0 Å². The number of pyridine rings is 1. The number of nitrogens with two attached hydrogens (primary N) is 1. The summed E-state index contributed by atoms with van der Waals surface area (Å²) in [6.45, 7) is 2.20. The van der Waals surface area contributed by atoms with Crippen LogP contribution in [-0.2, 0) is 6.42 Å². The van der Waals surface area contributed by atoms with E-state index in [0.717, 1.165) is 17.8 Å². The van der Waals surface area contributed by atoms with Crippen molar-refractivity contribution in [3.63, 3.8) is 0 Å². The highest BCUT2D eigenvalue weighted by Gasteiger charge is 1.93. The van der Waals surface area contributed by atoms with Crippen LogP contribution in [-0.4, -0.2) is 4.98 Å². The van der Waals surface area contributed by atoms with Crippen molar-refractivity contribution >= 4 is 5.69 Å². The van der Waals surface area contributed by atoms with Gasteiger partial charge in [-0.25, -0.2) is 0 Å². The maximum absolute atomic E-state index is 5.62. The van der Waals surface area contributed by atoms with Crippen molar-refractivity contribution in [2.45, 2.75) is 32.6 Å². The summed E-state index contributed by atoms with van der Waals surface area (Å²) >= 11 is 0. The molecule has 0 aromatic carbocycles. The minimum absolute atomic E-state index is 0.816. The predicted molar refractivity (Wildman–Crippen MR) is 51.9 cm³/mol. The number of unbranched alkanes of at least 4 members (excludes halogenated alkanes) is 2. The van der Waals surface area contributed by atoms with E-state index in [-0.39, 0.29) is 0 Å². The third-order valence-electron chi connectivity index (χ3n) is 1.88. The molecule has 0 amide bonds. The van der Waals surface area contributed by atoms with Gasteiger partial charge >= 0.3 is 0 Å². The monoisotopic (exact) mass is 164 g/mol. The summed E-state index contributed by atoms with van der Waals surface area (Å²) in [5.74, 6) is 0. The van der Waals surface area contributed by atoms with Gasteiger partial charge in [-0.1, -0.05) is 19.8 Å². The van der Waals surface area contributed by atoms with Crippen LogP contribution in [0.4, 0.5) is 5.69 Å². The highest BCUT2D eigenvalue weighted by Crippen LogP contribution is 2.07. The molecule has 1 rings (SSSR count). The van der Waals surface area contributed by atoms with E-state index < -0.39 is 0 Å². The van der Waals surface area contributed by atoms with Crippen molar-refractivity contribution in [2.24, 2.45) is 0 Å². The van der Waals surface area contributed by atoms with Crippen molar-refractivity contribution in [1.29, 1.82) is 0 Å². The van der Waals surface area contributed by atoms with Crippen LogP contribution in [0.15, 0.2) is 18.3 Å². The lowest BCUT2D eigenvalue weighted by Crippen LogP contribution is -1.92. The van der Waals surface area contributed by atoms with Crippen LogP contribution in [0, 0.1) is 0 Å². The molecule has 0 aliphatic carbocycles. The lowest BCUT2D eigenvalue weighted by atomic mass is 10.1. The lowest BCUT2D eigenvalue weighted by Gasteiger charge is -1.99. The second-order valence-corrected chi connectivity index (χ2v) is 3.04. The summed E-state index contributed by atoms with van der Waals surface area (Å²) in [4.78, 5) is 4.23. The van der Waals surface area contributed by atoms with E-state index in [1.54, 1.807) is 6.20 Å². The number of nitrogens with zero attached hydrogens (tertiary/aromatic N) is 1. The number of nitrogen functional groups attached to an aromatic ring is 1. The van der Waals surface area contributed by atoms with Crippen LogP contribution < -0.4 is 5.73 Å². The average molecular weight is 164 g/mol. The Hall–Kier alpha value is -1.05. The van der Waals surface area contributed by atoms with E-state index in [9.17, 15) is 0 Å². The topological polar surface area (TPSA) is 38.9 Å². The van der Waals surface area contributed by atoms with Crippen molar-refractivity contribution in [3.8, 4) is 0 Å². The summed E-state index contributed by atoms with van der Waals surface area (Å²) in [7, 11) is 0. The molecule has 0 saturated heterocycles. The van der Waals surface area contributed by atoms with E-state index in [0.29, 0.717) is 0 Å². The van der Waals surface area contributed by atoms with E-state index in [1.165, 1.54) is 19.3 Å². The molecule has 0 unspecified atom stereocenters. The fourth-order valence-corrected chi connectivity index (χ4v) is 1.19. The first kappa shape index (κ1) is 9.04. The summed E-state index contributed by atoms with van der Waals surface area (Å²) in [6.07, 6.45) is 6.57. The molecular weight excluding hydrogens is 148 g/mol. The third kappa shape index (κ3) is 2.91. The van der Waals surface area contributed by atoms with Gasteiger partial charge in [-0.05, 0) is 25.0 Å². The molecule has 0 aliphatic heterocycles. The van der Waals surface area contributed by atoms with Crippen LogP contribution in [0.3, 0.4) is 0 Å². The largest absolute Gasteiger partial charge is 0.399 e. The van der Waals surface area contributed by atoms with Gasteiger partial charge in [0.25, 0.3) is 0 Å². The van der Waals surface area contributed by atoms with Crippen molar-refractivity contribution < 1.29 is 0 Å². The van der Waals surface area contributed by atoms with E-state index >= 15 is 0 Å². The number of aromatic nitrogens is 1. The molecule has 0 bridgehead atoms. The van der Waals surface area contributed by atoms with E-state index in [1.807, 2.05) is 12.1 Å². The second-order valence-electron chi connectivity index (χ2n) is 3.04. The maximum Gasteiger partial charge on any atom is 0.0424 e. The van der Waals surface area contributed by atoms with Crippen LogP contribution in [0.5, 0.6) is 0 Å². The molecule has 0 radical (unpaired) electrons. The molecule has 66 valence electrons. The number of anilines is 1. The second kappa shape index (κ2) is 4.75. The van der Waals surface area contributed by atoms with E-state index in [2.05, 4.69) is 11.9 Å². The Kier molecular flexibility index (Phi) is 3.58. The van der Waals surface area contributed by atoms with Gasteiger partial charge in [0.2, 0.25) is 0 Å². The quantitative estimate of drug-likeness (QED) is 0.694. The SMILES string of the molecule is CCCCCc1cc(N)ccn1. The Morgan fingerprint density at radius 1 is 1.42 bits per heavy atom. The number of hydrogen-bond acceptors (Lipinski definition) is 2. The fourth-order valence-electron chi connectivity index (χ4n) is 1.19. The molecule has 2 nitrogen and oxygen atoms in total. The number of aryl methyl sites for hydroxylation is 1. The van der Waals surface area contributed by atoms with Crippen LogP contribution in [0.25, 0.3) is 0 Å². The normalized spacial score (nSPS) is 10.1. The zero-order chi connectivity index (χ0) is 8.81. The summed E-state index contributed by atoms with van der Waals surface area (Å²) < 4.78 is 0. The Morgan fingerprint density at radius 2 is 2.25 bits per heavy atom. The highest BCUT2D eigenvalue weighted by molar-refractivity contribution is 5.37. The molecular formula is C10H16N2. The Morgan fingerprint density at radius 3 is 2.92 bits per heavy atom. The smallest absolute Gasteiger partial charge is 0.0424 e. The van der Waals surface area contributed by atoms with Crippen LogP contribution in [0.1, 0.15) is 31.9 Å². The van der Waals surface area contributed by atoms with Gasteiger partial charge in [0, 0.05) is 17.6 Å². The molecule has 2 heteroatoms. The molecule has 1 aromatic rings. The van der Waals surface area contributed by atoms with E-state index in [4.69, 9.17) is 5.73 Å². The van der Waals surface area contributed by atoms with Gasteiger partial charge in [0.1, 0.15) is 0 Å². The molecule has 0 atom stereocenters. The molecule has 1 heterocycles. The first-order valence-corrected chi connectivity index (χ1v) is 4.53. The van der Waals surface area contributed by atoms with Crippen molar-refractivity contribution in [3.05, 3.63) is 24.0 Å². The molecule has 0 saturated carbocycles. The van der Waals surface area contributed by atoms with Gasteiger partial charge in [-0.3, -0.25) is 4.98 Å². The first-order valence-electron chi connectivity index (χ1n) is 4.53. The highest BCUT2D eigenvalue weighted by atomic mass is 14.7. The summed E-state index contributed by atoms with van der Waals surface area (Å²) in [5.41, 5.74) is 7.55. The number of rotatable bonds is 4. The first-order chi connectivity index (χ1) is 5.83. The molecule has 1 aromatic heterocycles. The van der Waals surface area contributed by atoms with Gasteiger partial charge in [0.15, 0.2) is 0 Å². The van der Waals surface area contributed by atoms with Gasteiger partial charge in [-0.15, -0.1) is 0 Å². The Bertz CT molecular complexity index is 233. The minimum Gasteiger partial charge on any atom is -0.399 e. The molecule has 0 fully saturated rings. The number of hydrogen-bond donors (Lipinski definition) is 1. The fraction of sp³-hybridized carbons (Fsp3) is 0.500. The molecule has 0 spiro atoms. The summed E-state index contributed by atoms with van der Waals surface area (Å²) in [5, 5.41) is 0. The molecule has 0 aliphatic rings. The van der Waals surface area contributed by atoms with Gasteiger partial charge in [0.05, 0.1) is 0 Å². The molecule has 2 N–H and O–H groups in total. The summed E-state index contributed by atoms with van der Waals surface area (Å²) in [6, 6.07) is 3.78. The standard InChI is InChI=1S/C10H16N2/c1-2-3-4-5-10-8-9(11)6-7-12-10/h6-8H,2-5H2,1H3,(H2,11,12). The van der Waals surface area contributed by atoms with Crippen molar-refractivity contribution in [1.82, 2.24) is 4.98 Å². The average Bonchev–Trinajstić information content (AvgIpc) is 2.05. The van der Waals surface area contributed by atoms with Gasteiger partial charge in [-0.2, -0.15) is 0 Å². The predicted octanol–water partition coefficient (Wildman–Crippen LogP) is 2.40. The van der Waals surface area contributed by atoms with Gasteiger partial charge < -0.3 is 5.73 Å². The zero-order valence-electron chi connectivity index (χ0n) is 7.59. The van der Waals surface area contributed by atoms with Crippen molar-refractivity contribution in [2.75, 3.05) is 5.73 Å². The maximum atomic E-state index is 5.62.